The molecular weight excluding hydrogens is 406 g/mol. The molecule has 0 radical (unpaired) electrons. The Morgan fingerprint density at radius 3 is 2.58 bits per heavy atom. The summed E-state index contributed by atoms with van der Waals surface area (Å²) in [6.45, 7) is 4.49. The normalized spacial score (nSPS) is 25.8. The molecule has 1 amide bonds. The van der Waals surface area contributed by atoms with Gasteiger partial charge in [0.15, 0.2) is 6.23 Å². The molecule has 9 nitrogen and oxygen atoms in total. The smallest absolute Gasteiger partial charge is 0.339 e. The number of carbonyl (C=O) groups excluding carboxylic acids is 1. The molecular formula is C22H23NO8. The summed E-state index contributed by atoms with van der Waals surface area (Å²) < 4.78 is 11.4. The number of nitrogens with zero attached hydrogens (tertiary/aromatic N) is 1. The minimum absolute atomic E-state index is 0.0282. The number of amides is 1. The van der Waals surface area contributed by atoms with Crippen LogP contribution in [-0.4, -0.2) is 44.6 Å². The summed E-state index contributed by atoms with van der Waals surface area (Å²) in [5.74, 6) is -3.91. The SMILES string of the molecule is CCCCC(CC)CN1C(=O)c2c3oc(c2C1O)C1c2cc(C(=O)O)c(o2)C31C(=O)O. The van der Waals surface area contributed by atoms with Gasteiger partial charge in [0, 0.05) is 6.54 Å². The maximum Gasteiger partial charge on any atom is 0.339 e. The number of aliphatic hydroxyl groups excluding tert-OH is 1. The van der Waals surface area contributed by atoms with E-state index in [0.717, 1.165) is 25.7 Å². The summed E-state index contributed by atoms with van der Waals surface area (Å²) in [7, 11) is 0. The summed E-state index contributed by atoms with van der Waals surface area (Å²) in [5, 5.41) is 30.7. The van der Waals surface area contributed by atoms with Gasteiger partial charge in [-0.15, -0.1) is 0 Å². The second-order valence-electron chi connectivity index (χ2n) is 8.57. The topological polar surface area (TPSA) is 141 Å². The Bertz CT molecular complexity index is 1130. The lowest BCUT2D eigenvalue weighted by Gasteiger charge is -2.27. The van der Waals surface area contributed by atoms with Crippen LogP contribution in [0.4, 0.5) is 0 Å². The highest BCUT2D eigenvalue weighted by molar-refractivity contribution is 6.06. The average molecular weight is 429 g/mol. The molecule has 3 N–H and O–H groups in total. The number of aromatic carboxylic acids is 1. The van der Waals surface area contributed by atoms with E-state index in [-0.39, 0.29) is 45.6 Å². The molecule has 164 valence electrons. The van der Waals surface area contributed by atoms with E-state index in [1.54, 1.807) is 0 Å². The minimum Gasteiger partial charge on any atom is -0.480 e. The Morgan fingerprint density at radius 2 is 1.97 bits per heavy atom. The van der Waals surface area contributed by atoms with E-state index in [4.69, 9.17) is 8.83 Å². The number of aliphatic carboxylic acids is 1. The van der Waals surface area contributed by atoms with Crippen LogP contribution >= 0.6 is 0 Å². The minimum atomic E-state index is -1.91. The molecule has 0 aliphatic carbocycles. The number of carbonyl (C=O) groups is 3. The van der Waals surface area contributed by atoms with Gasteiger partial charge in [0.25, 0.3) is 5.91 Å². The second-order valence-corrected chi connectivity index (χ2v) is 8.57. The van der Waals surface area contributed by atoms with Crippen molar-refractivity contribution in [2.24, 2.45) is 5.92 Å². The summed E-state index contributed by atoms with van der Waals surface area (Å²) in [6, 6.07) is 1.29. The summed E-state index contributed by atoms with van der Waals surface area (Å²) >= 11 is 0. The first-order chi connectivity index (χ1) is 14.8. The van der Waals surface area contributed by atoms with Crippen molar-refractivity contribution in [3.8, 4) is 0 Å². The van der Waals surface area contributed by atoms with Gasteiger partial charge in [0.2, 0.25) is 5.41 Å². The molecule has 2 aromatic heterocycles. The highest BCUT2D eigenvalue weighted by atomic mass is 16.4. The lowest BCUT2D eigenvalue weighted by Crippen LogP contribution is -2.42. The predicted molar refractivity (Wildman–Crippen MR) is 104 cm³/mol. The van der Waals surface area contributed by atoms with Crippen LogP contribution in [0.15, 0.2) is 14.9 Å². The van der Waals surface area contributed by atoms with Crippen molar-refractivity contribution in [2.75, 3.05) is 6.54 Å². The molecule has 9 heteroatoms. The Labute approximate surface area is 177 Å². The molecule has 0 spiro atoms. The van der Waals surface area contributed by atoms with Crippen LogP contribution < -0.4 is 0 Å². The largest absolute Gasteiger partial charge is 0.480 e. The lowest BCUT2D eigenvalue weighted by molar-refractivity contribution is -0.142. The summed E-state index contributed by atoms with van der Waals surface area (Å²) in [4.78, 5) is 38.8. The van der Waals surface area contributed by atoms with Crippen LogP contribution in [0.1, 0.15) is 101 Å². The van der Waals surface area contributed by atoms with Crippen molar-refractivity contribution in [3.63, 3.8) is 0 Å². The molecule has 0 aromatic carbocycles. The van der Waals surface area contributed by atoms with Gasteiger partial charge in [-0.3, -0.25) is 9.59 Å². The molecule has 4 unspecified atom stereocenters. The quantitative estimate of drug-likeness (QED) is 0.581. The molecule has 4 bridgehead atoms. The standard InChI is InChI=1S/C22H23NO8/c1-3-5-6-9(4-2)8-23-18(24)12-13(19(23)25)17-22(21(28)29)14(15(12)31-17)11-7-10(20(26)27)16(22)30-11/h7,9,14,18,24H,3-6,8H2,1-2H3,(H,26,27)(H,28,29). The first-order valence-electron chi connectivity index (χ1n) is 10.6. The van der Waals surface area contributed by atoms with Crippen LogP contribution in [-0.2, 0) is 10.2 Å². The molecule has 3 aliphatic heterocycles. The van der Waals surface area contributed by atoms with Gasteiger partial charge in [-0.2, -0.15) is 0 Å². The number of furan rings is 2. The van der Waals surface area contributed by atoms with Gasteiger partial charge >= 0.3 is 11.9 Å². The van der Waals surface area contributed by atoms with E-state index in [1.165, 1.54) is 11.0 Å². The van der Waals surface area contributed by atoms with E-state index >= 15 is 0 Å². The third-order valence-electron chi connectivity index (χ3n) is 7.02. The molecule has 5 heterocycles. The molecule has 4 atom stereocenters. The van der Waals surface area contributed by atoms with E-state index < -0.39 is 35.4 Å². The number of aliphatic hydroxyl groups is 1. The number of carboxylic acid groups (broad SMARTS) is 2. The number of hydrogen-bond acceptors (Lipinski definition) is 6. The zero-order valence-electron chi connectivity index (χ0n) is 17.2. The van der Waals surface area contributed by atoms with Gasteiger partial charge in [-0.25, -0.2) is 4.79 Å². The Kier molecular flexibility index (Phi) is 4.14. The molecule has 0 saturated carbocycles. The fourth-order valence-corrected chi connectivity index (χ4v) is 5.44. The molecule has 0 fully saturated rings. The Hall–Kier alpha value is -3.07. The van der Waals surface area contributed by atoms with Gasteiger partial charge in [-0.1, -0.05) is 33.1 Å². The monoisotopic (exact) mass is 429 g/mol. The molecule has 0 saturated heterocycles. The molecule has 5 rings (SSSR count). The number of carboxylic acids is 2. The fourth-order valence-electron chi connectivity index (χ4n) is 5.44. The van der Waals surface area contributed by atoms with Crippen molar-refractivity contribution < 1.29 is 38.5 Å². The van der Waals surface area contributed by atoms with Crippen LogP contribution in [0.2, 0.25) is 0 Å². The number of fused-ring (bicyclic) bond motifs is 12. The van der Waals surface area contributed by atoms with E-state index in [1.807, 2.05) is 6.92 Å². The lowest BCUT2D eigenvalue weighted by atomic mass is 9.64. The van der Waals surface area contributed by atoms with Crippen molar-refractivity contribution in [1.82, 2.24) is 4.90 Å². The van der Waals surface area contributed by atoms with Crippen molar-refractivity contribution >= 4 is 17.8 Å². The molecule has 2 aromatic rings. The number of rotatable bonds is 8. The van der Waals surface area contributed by atoms with E-state index in [0.29, 0.717) is 6.54 Å². The van der Waals surface area contributed by atoms with Gasteiger partial charge in [-0.05, 0) is 18.4 Å². The third-order valence-corrected chi connectivity index (χ3v) is 7.02. The summed E-state index contributed by atoms with van der Waals surface area (Å²) in [5.41, 5.74) is -1.86. The van der Waals surface area contributed by atoms with Crippen LogP contribution in [0.3, 0.4) is 0 Å². The van der Waals surface area contributed by atoms with Gasteiger partial charge in [0.05, 0.1) is 11.1 Å². The van der Waals surface area contributed by atoms with Crippen molar-refractivity contribution in [2.45, 2.75) is 57.1 Å². The summed E-state index contributed by atoms with van der Waals surface area (Å²) in [6.07, 6.45) is 2.59. The van der Waals surface area contributed by atoms with Crippen LogP contribution in [0, 0.1) is 5.92 Å². The Balaban J connectivity index is 1.59. The van der Waals surface area contributed by atoms with Gasteiger partial charge in [0.1, 0.15) is 34.5 Å². The average Bonchev–Trinajstić information content (AvgIpc) is 3.51. The molecule has 3 aliphatic rings. The number of unbranched alkanes of at least 4 members (excludes halogenated alkanes) is 1. The third kappa shape index (κ3) is 2.21. The second kappa shape index (κ2) is 6.46. The molecule has 31 heavy (non-hydrogen) atoms. The predicted octanol–water partition coefficient (Wildman–Crippen LogP) is 3.06. The van der Waals surface area contributed by atoms with Gasteiger partial charge < -0.3 is 29.1 Å². The Morgan fingerprint density at radius 1 is 1.23 bits per heavy atom. The van der Waals surface area contributed by atoms with Crippen molar-refractivity contribution in [3.05, 3.63) is 45.8 Å². The highest BCUT2D eigenvalue weighted by Gasteiger charge is 2.71. The zero-order chi connectivity index (χ0) is 22.2. The maximum absolute atomic E-state index is 13.3. The maximum atomic E-state index is 13.3. The number of hydrogen-bond donors (Lipinski definition) is 3. The van der Waals surface area contributed by atoms with Crippen LogP contribution in [0.25, 0.3) is 0 Å². The van der Waals surface area contributed by atoms with E-state index in [9.17, 15) is 29.7 Å². The first kappa shape index (κ1) is 19.9. The van der Waals surface area contributed by atoms with E-state index in [2.05, 4.69) is 6.92 Å². The van der Waals surface area contributed by atoms with Crippen LogP contribution in [0.5, 0.6) is 0 Å². The zero-order valence-corrected chi connectivity index (χ0v) is 17.2. The van der Waals surface area contributed by atoms with Crippen molar-refractivity contribution in [1.29, 1.82) is 0 Å². The fraction of sp³-hybridized carbons (Fsp3) is 0.500. The first-order valence-corrected chi connectivity index (χ1v) is 10.6. The highest BCUT2D eigenvalue weighted by Crippen LogP contribution is 2.65.